The first kappa shape index (κ1) is 10.3. The Kier molecular flexibility index (Phi) is 2.36. The Morgan fingerprint density at radius 3 is 3.06 bits per heavy atom. The van der Waals surface area contributed by atoms with E-state index in [0.717, 1.165) is 24.2 Å². The third kappa shape index (κ3) is 1.91. The van der Waals surface area contributed by atoms with Crippen molar-refractivity contribution in [3.63, 3.8) is 0 Å². The normalized spacial score (nSPS) is 14.8. The van der Waals surface area contributed by atoms with Crippen LogP contribution in [0.3, 0.4) is 0 Å². The topological polar surface area (TPSA) is 83.8 Å². The zero-order valence-corrected chi connectivity index (χ0v) is 9.88. The van der Waals surface area contributed by atoms with E-state index < -0.39 is 0 Å². The molecule has 1 saturated carbocycles. The summed E-state index contributed by atoms with van der Waals surface area (Å²) in [6.07, 6.45) is 2.25. The van der Waals surface area contributed by atoms with Gasteiger partial charge in [-0.3, -0.25) is 9.89 Å². The predicted octanol–water partition coefficient (Wildman–Crippen LogP) is 2.18. The number of nitrogen functional groups attached to an aromatic ring is 1. The van der Waals surface area contributed by atoms with Crippen molar-refractivity contribution in [1.29, 1.82) is 0 Å². The van der Waals surface area contributed by atoms with Crippen LogP contribution in [0.25, 0.3) is 0 Å². The number of rotatable bonds is 3. The van der Waals surface area contributed by atoms with Gasteiger partial charge >= 0.3 is 0 Å². The number of nitrogens with zero attached hydrogens (tertiary/aromatic N) is 1. The van der Waals surface area contributed by atoms with Crippen LogP contribution in [-0.2, 0) is 0 Å². The van der Waals surface area contributed by atoms with Gasteiger partial charge in [0.1, 0.15) is 0 Å². The van der Waals surface area contributed by atoms with Crippen LogP contribution in [0.4, 0.5) is 11.4 Å². The summed E-state index contributed by atoms with van der Waals surface area (Å²) in [5.41, 5.74) is 8.38. The number of hydrogen-bond donors (Lipinski definition) is 3. The van der Waals surface area contributed by atoms with Gasteiger partial charge in [0.15, 0.2) is 5.69 Å². The van der Waals surface area contributed by atoms with Crippen molar-refractivity contribution in [3.8, 4) is 0 Å². The SMILES string of the molecule is Nc1c(C(=O)Nc2ccsc2)n[nH]c1C1CC1. The van der Waals surface area contributed by atoms with Crippen LogP contribution in [0.15, 0.2) is 16.8 Å². The quantitative estimate of drug-likeness (QED) is 0.778. The first-order valence-electron chi connectivity index (χ1n) is 5.43. The molecule has 6 heteroatoms. The summed E-state index contributed by atoms with van der Waals surface area (Å²) in [5, 5.41) is 13.4. The highest BCUT2D eigenvalue weighted by Gasteiger charge is 2.30. The Balaban J connectivity index is 1.81. The molecule has 4 N–H and O–H groups in total. The van der Waals surface area contributed by atoms with Gasteiger partial charge in [0, 0.05) is 11.3 Å². The Bertz CT molecular complexity index is 542. The van der Waals surface area contributed by atoms with Crippen molar-refractivity contribution in [2.45, 2.75) is 18.8 Å². The predicted molar refractivity (Wildman–Crippen MR) is 67.2 cm³/mol. The first-order chi connectivity index (χ1) is 8.25. The van der Waals surface area contributed by atoms with E-state index in [1.54, 1.807) is 0 Å². The molecule has 2 aromatic rings. The van der Waals surface area contributed by atoms with E-state index in [-0.39, 0.29) is 11.6 Å². The Hall–Kier alpha value is -1.82. The van der Waals surface area contributed by atoms with E-state index >= 15 is 0 Å². The van der Waals surface area contributed by atoms with Gasteiger partial charge in [-0.2, -0.15) is 16.4 Å². The number of H-pyrrole nitrogens is 1. The molecular weight excluding hydrogens is 236 g/mol. The van der Waals surface area contributed by atoms with E-state index in [0.29, 0.717) is 11.6 Å². The molecule has 0 aromatic carbocycles. The molecule has 88 valence electrons. The summed E-state index contributed by atoms with van der Waals surface area (Å²) in [5.74, 6) is 0.203. The number of nitrogens with two attached hydrogens (primary N) is 1. The molecule has 1 aliphatic rings. The Morgan fingerprint density at radius 2 is 2.41 bits per heavy atom. The lowest BCUT2D eigenvalue weighted by Crippen LogP contribution is -2.13. The van der Waals surface area contributed by atoms with Crippen LogP contribution in [0.1, 0.15) is 34.9 Å². The molecule has 0 bridgehead atoms. The van der Waals surface area contributed by atoms with E-state index in [1.165, 1.54) is 11.3 Å². The van der Waals surface area contributed by atoms with Gasteiger partial charge < -0.3 is 11.1 Å². The van der Waals surface area contributed by atoms with Crippen molar-refractivity contribution < 1.29 is 4.79 Å². The fourth-order valence-corrected chi connectivity index (χ4v) is 2.33. The second kappa shape index (κ2) is 3.89. The summed E-state index contributed by atoms with van der Waals surface area (Å²) < 4.78 is 0. The van der Waals surface area contributed by atoms with Gasteiger partial charge in [0.25, 0.3) is 5.91 Å². The molecule has 0 spiro atoms. The number of anilines is 2. The molecule has 1 aliphatic carbocycles. The smallest absolute Gasteiger partial charge is 0.278 e. The van der Waals surface area contributed by atoms with Crippen LogP contribution in [-0.4, -0.2) is 16.1 Å². The molecule has 0 saturated heterocycles. The molecule has 0 unspecified atom stereocenters. The summed E-state index contributed by atoms with van der Waals surface area (Å²) >= 11 is 1.53. The summed E-state index contributed by atoms with van der Waals surface area (Å²) in [4.78, 5) is 11.9. The minimum Gasteiger partial charge on any atom is -0.395 e. The van der Waals surface area contributed by atoms with Crippen molar-refractivity contribution in [2.24, 2.45) is 0 Å². The van der Waals surface area contributed by atoms with Gasteiger partial charge in [0.2, 0.25) is 0 Å². The maximum absolute atomic E-state index is 11.9. The van der Waals surface area contributed by atoms with Crippen molar-refractivity contribution in [2.75, 3.05) is 11.1 Å². The molecule has 1 amide bonds. The molecule has 2 aromatic heterocycles. The standard InChI is InChI=1S/C11H12N4OS/c12-8-9(6-1-2-6)14-15-10(8)11(16)13-7-3-4-17-5-7/h3-6H,1-2,12H2,(H,13,16)(H,14,15). The zero-order chi connectivity index (χ0) is 11.8. The average molecular weight is 248 g/mol. The number of aromatic nitrogens is 2. The second-order valence-corrected chi connectivity index (χ2v) is 4.92. The largest absolute Gasteiger partial charge is 0.395 e. The van der Waals surface area contributed by atoms with Gasteiger partial charge in [-0.1, -0.05) is 0 Å². The molecule has 2 heterocycles. The number of aromatic amines is 1. The Morgan fingerprint density at radius 1 is 1.59 bits per heavy atom. The number of carbonyl (C=O) groups excluding carboxylic acids is 1. The number of carbonyl (C=O) groups is 1. The zero-order valence-electron chi connectivity index (χ0n) is 9.06. The number of hydrogen-bond acceptors (Lipinski definition) is 4. The van der Waals surface area contributed by atoms with Crippen molar-refractivity contribution in [1.82, 2.24) is 10.2 Å². The van der Waals surface area contributed by atoms with Gasteiger partial charge in [-0.25, -0.2) is 0 Å². The van der Waals surface area contributed by atoms with Crippen LogP contribution in [0.2, 0.25) is 0 Å². The highest BCUT2D eigenvalue weighted by Crippen LogP contribution is 2.42. The van der Waals surface area contributed by atoms with E-state index in [2.05, 4.69) is 15.5 Å². The van der Waals surface area contributed by atoms with Gasteiger partial charge in [-0.05, 0) is 24.3 Å². The molecule has 0 radical (unpaired) electrons. The molecular formula is C11H12N4OS. The lowest BCUT2D eigenvalue weighted by atomic mass is 10.2. The number of thiophene rings is 1. The maximum Gasteiger partial charge on any atom is 0.278 e. The highest BCUT2D eigenvalue weighted by atomic mass is 32.1. The highest BCUT2D eigenvalue weighted by molar-refractivity contribution is 7.08. The third-order valence-corrected chi connectivity index (χ3v) is 3.50. The van der Waals surface area contributed by atoms with Crippen LogP contribution in [0, 0.1) is 0 Å². The first-order valence-corrected chi connectivity index (χ1v) is 6.37. The fraction of sp³-hybridized carbons (Fsp3) is 0.273. The Labute approximate surface area is 102 Å². The minimum atomic E-state index is -0.260. The molecule has 17 heavy (non-hydrogen) atoms. The van der Waals surface area contributed by atoms with E-state index in [9.17, 15) is 4.79 Å². The molecule has 3 rings (SSSR count). The molecule has 0 atom stereocenters. The number of nitrogens with one attached hydrogen (secondary N) is 2. The van der Waals surface area contributed by atoms with E-state index in [1.807, 2.05) is 16.8 Å². The van der Waals surface area contributed by atoms with Crippen molar-refractivity contribution in [3.05, 3.63) is 28.2 Å². The van der Waals surface area contributed by atoms with Crippen molar-refractivity contribution >= 4 is 28.6 Å². The summed E-state index contributed by atoms with van der Waals surface area (Å²) in [7, 11) is 0. The maximum atomic E-state index is 11.9. The fourth-order valence-electron chi connectivity index (χ4n) is 1.75. The third-order valence-electron chi connectivity index (χ3n) is 2.81. The molecule has 5 nitrogen and oxygen atoms in total. The minimum absolute atomic E-state index is 0.260. The second-order valence-electron chi connectivity index (χ2n) is 4.14. The van der Waals surface area contributed by atoms with Crippen LogP contribution < -0.4 is 11.1 Å². The van der Waals surface area contributed by atoms with Crippen LogP contribution in [0.5, 0.6) is 0 Å². The average Bonchev–Trinajstić information content (AvgIpc) is 2.88. The van der Waals surface area contributed by atoms with Crippen LogP contribution >= 0.6 is 11.3 Å². The summed E-state index contributed by atoms with van der Waals surface area (Å²) in [6.45, 7) is 0. The monoisotopic (exact) mass is 248 g/mol. The lowest BCUT2D eigenvalue weighted by Gasteiger charge is -2.00. The van der Waals surface area contributed by atoms with Gasteiger partial charge in [0.05, 0.1) is 17.1 Å². The lowest BCUT2D eigenvalue weighted by molar-refractivity contribution is 0.102. The van der Waals surface area contributed by atoms with E-state index in [4.69, 9.17) is 5.73 Å². The molecule has 0 aliphatic heterocycles. The van der Waals surface area contributed by atoms with Gasteiger partial charge in [-0.15, -0.1) is 0 Å². The molecule has 1 fully saturated rings. The number of amides is 1. The summed E-state index contributed by atoms with van der Waals surface area (Å²) in [6, 6.07) is 1.84.